The lowest BCUT2D eigenvalue weighted by Gasteiger charge is -2.28. The second-order valence-corrected chi connectivity index (χ2v) is 8.42. The van der Waals surface area contributed by atoms with Crippen molar-refractivity contribution in [1.29, 1.82) is 0 Å². The minimum absolute atomic E-state index is 0.0878. The molecule has 0 atom stereocenters. The van der Waals surface area contributed by atoms with Gasteiger partial charge in [-0.05, 0) is 41.8 Å². The molecule has 1 aromatic carbocycles. The Hall–Kier alpha value is -2.97. The Bertz CT molecular complexity index is 1020. The maximum absolute atomic E-state index is 12.4. The third-order valence-corrected chi connectivity index (χ3v) is 6.15. The number of benzene rings is 1. The molecule has 0 saturated carbocycles. The molecule has 166 valence electrons. The van der Waals surface area contributed by atoms with Gasteiger partial charge in [0.15, 0.2) is 5.16 Å². The Morgan fingerprint density at radius 1 is 1.06 bits per heavy atom. The number of nitrogens with zero attached hydrogens (tertiary/aromatic N) is 4. The van der Waals surface area contributed by atoms with Gasteiger partial charge in [0, 0.05) is 55.1 Å². The molecular formula is C24H27N5O2S. The van der Waals surface area contributed by atoms with E-state index in [1.165, 1.54) is 0 Å². The summed E-state index contributed by atoms with van der Waals surface area (Å²) in [5.41, 5.74) is 3.84. The standard InChI is InChI=1S/C24H27N5O2S/c1-2-21-15-22(29-11-13-31-14-12-29)28-24(27-21)32-17-19-3-5-20(6-4-19)23(30)26-16-18-7-9-25-10-8-18/h3-10,15H,2,11-14,16-17H2,1H3,(H,26,30). The fraction of sp³-hybridized carbons (Fsp3) is 0.333. The maximum Gasteiger partial charge on any atom is 0.251 e. The van der Waals surface area contributed by atoms with E-state index in [1.54, 1.807) is 24.2 Å². The van der Waals surface area contributed by atoms with E-state index in [2.05, 4.69) is 33.2 Å². The summed E-state index contributed by atoms with van der Waals surface area (Å²) in [4.78, 5) is 28.1. The van der Waals surface area contributed by atoms with Gasteiger partial charge in [0.05, 0.1) is 13.2 Å². The number of pyridine rings is 1. The molecule has 0 radical (unpaired) electrons. The Kier molecular flexibility index (Phi) is 7.68. The zero-order chi connectivity index (χ0) is 22.2. The average molecular weight is 450 g/mol. The first kappa shape index (κ1) is 22.2. The largest absolute Gasteiger partial charge is 0.378 e. The molecule has 1 aliphatic heterocycles. The highest BCUT2D eigenvalue weighted by atomic mass is 32.2. The van der Waals surface area contributed by atoms with Gasteiger partial charge in [-0.3, -0.25) is 9.78 Å². The van der Waals surface area contributed by atoms with E-state index in [0.29, 0.717) is 12.1 Å². The van der Waals surface area contributed by atoms with Gasteiger partial charge in [-0.1, -0.05) is 30.8 Å². The van der Waals surface area contributed by atoms with Crippen molar-refractivity contribution in [3.63, 3.8) is 0 Å². The number of anilines is 1. The molecule has 0 aliphatic carbocycles. The first-order valence-electron chi connectivity index (χ1n) is 10.8. The highest BCUT2D eigenvalue weighted by molar-refractivity contribution is 7.98. The Morgan fingerprint density at radius 3 is 2.53 bits per heavy atom. The number of carbonyl (C=O) groups excluding carboxylic acids is 1. The molecule has 0 spiro atoms. The smallest absolute Gasteiger partial charge is 0.251 e. The van der Waals surface area contributed by atoms with Gasteiger partial charge < -0.3 is 15.0 Å². The number of amides is 1. The van der Waals surface area contributed by atoms with E-state index in [4.69, 9.17) is 9.72 Å². The maximum atomic E-state index is 12.4. The number of hydrogen-bond acceptors (Lipinski definition) is 7. The molecule has 1 aliphatic rings. The molecule has 1 saturated heterocycles. The predicted octanol–water partition coefficient (Wildman–Crippen LogP) is 3.49. The summed E-state index contributed by atoms with van der Waals surface area (Å²) in [5.74, 6) is 1.63. The van der Waals surface area contributed by atoms with Crippen molar-refractivity contribution in [2.24, 2.45) is 0 Å². The molecule has 1 N–H and O–H groups in total. The predicted molar refractivity (Wildman–Crippen MR) is 126 cm³/mol. The zero-order valence-electron chi connectivity index (χ0n) is 18.2. The summed E-state index contributed by atoms with van der Waals surface area (Å²) in [6.45, 7) is 5.77. The Labute approximate surface area is 192 Å². The SMILES string of the molecule is CCc1cc(N2CCOCC2)nc(SCc2ccc(C(=O)NCc3ccncc3)cc2)n1. The highest BCUT2D eigenvalue weighted by Gasteiger charge is 2.15. The molecule has 7 nitrogen and oxygen atoms in total. The van der Waals surface area contributed by atoms with Crippen molar-refractivity contribution in [2.75, 3.05) is 31.2 Å². The average Bonchev–Trinajstić information content (AvgIpc) is 2.87. The van der Waals surface area contributed by atoms with Gasteiger partial charge in [0.25, 0.3) is 5.91 Å². The molecule has 8 heteroatoms. The fourth-order valence-electron chi connectivity index (χ4n) is 3.34. The number of rotatable bonds is 8. The van der Waals surface area contributed by atoms with Crippen LogP contribution in [0.3, 0.4) is 0 Å². The molecule has 32 heavy (non-hydrogen) atoms. The molecule has 2 aromatic heterocycles. The molecule has 1 fully saturated rings. The van der Waals surface area contributed by atoms with E-state index in [0.717, 1.165) is 66.3 Å². The van der Waals surface area contributed by atoms with Crippen molar-refractivity contribution in [2.45, 2.75) is 30.8 Å². The van der Waals surface area contributed by atoms with Crippen molar-refractivity contribution < 1.29 is 9.53 Å². The lowest BCUT2D eigenvalue weighted by Crippen LogP contribution is -2.37. The molecule has 3 aromatic rings. The third-order valence-electron chi connectivity index (χ3n) is 5.23. The Morgan fingerprint density at radius 2 is 1.81 bits per heavy atom. The van der Waals surface area contributed by atoms with Crippen LogP contribution in [0.25, 0.3) is 0 Å². The molecule has 3 heterocycles. The molecule has 0 bridgehead atoms. The number of morpholine rings is 1. The molecular weight excluding hydrogens is 422 g/mol. The highest BCUT2D eigenvalue weighted by Crippen LogP contribution is 2.24. The summed E-state index contributed by atoms with van der Waals surface area (Å²) in [6.07, 6.45) is 4.31. The number of nitrogens with one attached hydrogen (secondary N) is 1. The van der Waals surface area contributed by atoms with E-state index in [9.17, 15) is 4.79 Å². The summed E-state index contributed by atoms with van der Waals surface area (Å²) in [5, 5.41) is 3.72. The summed E-state index contributed by atoms with van der Waals surface area (Å²) in [7, 11) is 0. The van der Waals surface area contributed by atoms with E-state index in [-0.39, 0.29) is 5.91 Å². The van der Waals surface area contributed by atoms with Crippen molar-refractivity contribution >= 4 is 23.5 Å². The fourth-order valence-corrected chi connectivity index (χ4v) is 4.17. The van der Waals surface area contributed by atoms with Gasteiger partial charge >= 0.3 is 0 Å². The van der Waals surface area contributed by atoms with Crippen LogP contribution in [0.4, 0.5) is 5.82 Å². The summed E-state index contributed by atoms with van der Waals surface area (Å²) in [6, 6.07) is 13.6. The quantitative estimate of drug-likeness (QED) is 0.416. The first-order valence-corrected chi connectivity index (χ1v) is 11.8. The van der Waals surface area contributed by atoms with Crippen LogP contribution in [0.1, 0.15) is 34.1 Å². The van der Waals surface area contributed by atoms with Gasteiger partial charge in [-0.15, -0.1) is 0 Å². The second kappa shape index (κ2) is 11.1. The van der Waals surface area contributed by atoms with Gasteiger partial charge in [-0.2, -0.15) is 0 Å². The van der Waals surface area contributed by atoms with Crippen LogP contribution >= 0.6 is 11.8 Å². The van der Waals surface area contributed by atoms with Crippen molar-refractivity contribution in [3.8, 4) is 0 Å². The number of ether oxygens (including phenoxy) is 1. The van der Waals surface area contributed by atoms with Crippen molar-refractivity contribution in [3.05, 3.63) is 77.2 Å². The normalized spacial score (nSPS) is 13.7. The lowest BCUT2D eigenvalue weighted by atomic mass is 10.1. The van der Waals surface area contributed by atoms with Crippen LogP contribution in [0.15, 0.2) is 60.0 Å². The minimum Gasteiger partial charge on any atom is -0.378 e. The lowest BCUT2D eigenvalue weighted by molar-refractivity contribution is 0.0951. The molecule has 1 amide bonds. The number of hydrogen-bond donors (Lipinski definition) is 1. The van der Waals surface area contributed by atoms with Crippen LogP contribution in [-0.4, -0.2) is 47.2 Å². The van der Waals surface area contributed by atoms with E-state index in [1.807, 2.05) is 36.4 Å². The van der Waals surface area contributed by atoms with Crippen LogP contribution in [-0.2, 0) is 23.5 Å². The van der Waals surface area contributed by atoms with Crippen LogP contribution < -0.4 is 10.2 Å². The van der Waals surface area contributed by atoms with Gasteiger partial charge in [0.1, 0.15) is 5.82 Å². The van der Waals surface area contributed by atoms with Gasteiger partial charge in [-0.25, -0.2) is 9.97 Å². The zero-order valence-corrected chi connectivity index (χ0v) is 19.0. The van der Waals surface area contributed by atoms with E-state index >= 15 is 0 Å². The van der Waals surface area contributed by atoms with E-state index < -0.39 is 0 Å². The van der Waals surface area contributed by atoms with Crippen LogP contribution in [0, 0.1) is 0 Å². The minimum atomic E-state index is -0.0878. The molecule has 4 rings (SSSR count). The second-order valence-electron chi connectivity index (χ2n) is 7.48. The molecule has 0 unspecified atom stereocenters. The number of carbonyl (C=O) groups is 1. The summed E-state index contributed by atoms with van der Waals surface area (Å²) < 4.78 is 5.46. The van der Waals surface area contributed by atoms with Gasteiger partial charge in [0.2, 0.25) is 0 Å². The van der Waals surface area contributed by atoms with Crippen LogP contribution in [0.5, 0.6) is 0 Å². The summed E-state index contributed by atoms with van der Waals surface area (Å²) >= 11 is 1.62. The number of thioether (sulfide) groups is 1. The van der Waals surface area contributed by atoms with Crippen molar-refractivity contribution in [1.82, 2.24) is 20.3 Å². The number of aryl methyl sites for hydroxylation is 1. The monoisotopic (exact) mass is 449 g/mol. The third kappa shape index (κ3) is 6.05. The van der Waals surface area contributed by atoms with Crippen LogP contribution in [0.2, 0.25) is 0 Å². The first-order chi connectivity index (χ1) is 15.7. The topological polar surface area (TPSA) is 80.2 Å². The Balaban J connectivity index is 1.35. The number of aromatic nitrogens is 3.